The molecule has 1 heterocycles. The van der Waals surface area contributed by atoms with Crippen LogP contribution in [0.2, 0.25) is 5.02 Å². The Morgan fingerprint density at radius 1 is 1.06 bits per heavy atom. The van der Waals surface area contributed by atoms with E-state index in [1.54, 1.807) is 24.3 Å². The maximum absolute atomic E-state index is 13.5. The van der Waals surface area contributed by atoms with Gasteiger partial charge in [0.15, 0.2) is 5.78 Å². The van der Waals surface area contributed by atoms with Gasteiger partial charge in [0.1, 0.15) is 12.4 Å². The van der Waals surface area contributed by atoms with E-state index in [1.807, 2.05) is 38.1 Å². The van der Waals surface area contributed by atoms with E-state index in [-0.39, 0.29) is 24.1 Å². The number of Topliss-reactive ketones (excluding diaryl/α,β-unsaturated/α-hetero) is 1. The molecule has 0 bridgehead atoms. The van der Waals surface area contributed by atoms with Crippen molar-refractivity contribution in [1.82, 2.24) is 5.32 Å². The van der Waals surface area contributed by atoms with Gasteiger partial charge in [-0.2, -0.15) is 0 Å². The molecular weight excluding hydrogens is 454 g/mol. The number of benzene rings is 2. The van der Waals surface area contributed by atoms with Gasteiger partial charge in [-0.3, -0.25) is 4.79 Å². The van der Waals surface area contributed by atoms with Crippen LogP contribution in [-0.2, 0) is 19.1 Å². The van der Waals surface area contributed by atoms with Crippen LogP contribution >= 0.6 is 11.6 Å². The van der Waals surface area contributed by atoms with Gasteiger partial charge in [0.05, 0.1) is 12.2 Å². The molecule has 0 amide bonds. The Bertz CT molecular complexity index is 1130. The summed E-state index contributed by atoms with van der Waals surface area (Å²) in [7, 11) is 0. The summed E-state index contributed by atoms with van der Waals surface area (Å²) >= 11 is 6.04. The fraction of sp³-hybridized carbons (Fsp3) is 0.333. The van der Waals surface area contributed by atoms with Gasteiger partial charge in [0.25, 0.3) is 0 Å². The van der Waals surface area contributed by atoms with Crippen LogP contribution in [0.1, 0.15) is 49.7 Å². The highest BCUT2D eigenvalue weighted by Gasteiger charge is 2.41. The zero-order chi connectivity index (χ0) is 24.2. The van der Waals surface area contributed by atoms with Crippen LogP contribution in [0.5, 0.6) is 5.75 Å². The molecule has 1 aliphatic heterocycles. The van der Waals surface area contributed by atoms with E-state index in [4.69, 9.17) is 21.1 Å². The second kappa shape index (κ2) is 10.5. The number of dihydropyridines is 1. The lowest BCUT2D eigenvalue weighted by Gasteiger charge is -2.36. The largest absolute Gasteiger partial charge is 0.508 e. The number of allylic oxidation sites excluding steroid dienone is 3. The first-order valence-corrected chi connectivity index (χ1v) is 11.8. The van der Waals surface area contributed by atoms with E-state index in [1.165, 1.54) is 0 Å². The average molecular weight is 482 g/mol. The van der Waals surface area contributed by atoms with Crippen LogP contribution in [-0.4, -0.2) is 36.7 Å². The van der Waals surface area contributed by atoms with Crippen molar-refractivity contribution in [3.05, 3.63) is 87.2 Å². The first-order valence-electron chi connectivity index (χ1n) is 11.4. The van der Waals surface area contributed by atoms with Gasteiger partial charge in [-0.25, -0.2) is 4.79 Å². The van der Waals surface area contributed by atoms with E-state index in [2.05, 4.69) is 5.32 Å². The molecule has 2 aliphatic rings. The van der Waals surface area contributed by atoms with Crippen LogP contribution in [0.25, 0.3) is 0 Å². The Kier molecular flexibility index (Phi) is 7.39. The Morgan fingerprint density at radius 2 is 1.74 bits per heavy atom. The van der Waals surface area contributed by atoms with Crippen molar-refractivity contribution in [2.45, 2.75) is 38.5 Å². The number of rotatable bonds is 7. The van der Waals surface area contributed by atoms with Gasteiger partial charge >= 0.3 is 5.97 Å². The van der Waals surface area contributed by atoms with Crippen molar-refractivity contribution in [3.63, 3.8) is 0 Å². The average Bonchev–Trinajstić information content (AvgIpc) is 2.81. The van der Waals surface area contributed by atoms with E-state index in [0.717, 1.165) is 16.8 Å². The molecule has 6 nitrogen and oxygen atoms in total. The number of carbonyl (C=O) groups excluding carboxylic acids is 2. The summed E-state index contributed by atoms with van der Waals surface area (Å²) in [5, 5.41) is 13.8. The van der Waals surface area contributed by atoms with Crippen LogP contribution in [0, 0.1) is 0 Å². The summed E-state index contributed by atoms with van der Waals surface area (Å²) in [5.41, 5.74) is 4.26. The maximum Gasteiger partial charge on any atom is 0.336 e. The van der Waals surface area contributed by atoms with Gasteiger partial charge < -0.3 is 19.9 Å². The van der Waals surface area contributed by atoms with Crippen molar-refractivity contribution >= 4 is 23.4 Å². The lowest BCUT2D eigenvalue weighted by atomic mass is 9.72. The minimum absolute atomic E-state index is 0.0149. The zero-order valence-corrected chi connectivity index (χ0v) is 20.0. The van der Waals surface area contributed by atoms with E-state index < -0.39 is 11.9 Å². The normalized spacial score (nSPS) is 20.1. The second-order valence-corrected chi connectivity index (χ2v) is 8.93. The Labute approximate surface area is 204 Å². The number of nitrogens with one attached hydrogen (secondary N) is 1. The molecular formula is C27H28ClNO5. The summed E-state index contributed by atoms with van der Waals surface area (Å²) in [6, 6.07) is 14.2. The number of hydrogen-bond donors (Lipinski definition) is 2. The van der Waals surface area contributed by atoms with Crippen molar-refractivity contribution in [2.24, 2.45) is 0 Å². The SMILES string of the molecule is CCOCCOC(=O)C1=C(C)NC2=C(C(=O)CC(c3ccc(Cl)cc3)C2)C1c1ccc(O)cc1. The van der Waals surface area contributed by atoms with Gasteiger partial charge in [-0.05, 0) is 61.6 Å². The summed E-state index contributed by atoms with van der Waals surface area (Å²) < 4.78 is 10.8. The van der Waals surface area contributed by atoms with Crippen LogP contribution in [0.3, 0.4) is 0 Å². The van der Waals surface area contributed by atoms with Crippen LogP contribution in [0.4, 0.5) is 0 Å². The number of esters is 1. The number of phenols is 1. The molecule has 2 unspecified atom stereocenters. The summed E-state index contributed by atoms with van der Waals surface area (Å²) in [6.45, 7) is 4.68. The zero-order valence-electron chi connectivity index (χ0n) is 19.3. The molecule has 0 spiro atoms. The molecule has 4 rings (SSSR count). The number of ketones is 1. The van der Waals surface area contributed by atoms with Crippen molar-refractivity contribution in [3.8, 4) is 5.75 Å². The number of aromatic hydroxyl groups is 1. The molecule has 178 valence electrons. The third-order valence-corrected chi connectivity index (χ3v) is 6.53. The number of halogens is 1. The summed E-state index contributed by atoms with van der Waals surface area (Å²) in [4.78, 5) is 26.7. The maximum atomic E-state index is 13.5. The van der Waals surface area contributed by atoms with Crippen molar-refractivity contribution < 1.29 is 24.2 Å². The highest BCUT2D eigenvalue weighted by molar-refractivity contribution is 6.30. The molecule has 2 N–H and O–H groups in total. The van der Waals surface area contributed by atoms with E-state index in [0.29, 0.717) is 47.9 Å². The lowest BCUT2D eigenvalue weighted by Crippen LogP contribution is -2.36. The number of ether oxygens (including phenoxy) is 2. The van der Waals surface area contributed by atoms with E-state index >= 15 is 0 Å². The Balaban J connectivity index is 1.70. The number of phenolic OH excluding ortho intramolecular Hbond substituents is 1. The predicted molar refractivity (Wildman–Crippen MR) is 130 cm³/mol. The standard InChI is InChI=1S/C27H28ClNO5/c1-3-33-12-13-34-27(32)24-16(2)29-22-14-19(17-4-8-20(28)9-5-17)15-23(31)26(22)25(24)18-6-10-21(30)11-7-18/h4-11,19,25,29-30H,3,12-15H2,1-2H3. The molecule has 2 aromatic carbocycles. The third kappa shape index (κ3) is 5.03. The van der Waals surface area contributed by atoms with Crippen LogP contribution < -0.4 is 5.32 Å². The van der Waals surface area contributed by atoms with Gasteiger partial charge in [-0.15, -0.1) is 0 Å². The Morgan fingerprint density at radius 3 is 2.41 bits per heavy atom. The number of carbonyl (C=O) groups is 2. The smallest absolute Gasteiger partial charge is 0.336 e. The van der Waals surface area contributed by atoms with E-state index in [9.17, 15) is 14.7 Å². The molecule has 1 aliphatic carbocycles. The summed E-state index contributed by atoms with van der Waals surface area (Å²) in [6.07, 6.45) is 0.976. The molecule has 0 saturated carbocycles. The highest BCUT2D eigenvalue weighted by Crippen LogP contribution is 2.46. The predicted octanol–water partition coefficient (Wildman–Crippen LogP) is 4.99. The first-order chi connectivity index (χ1) is 16.4. The molecule has 0 radical (unpaired) electrons. The molecule has 34 heavy (non-hydrogen) atoms. The first kappa shape index (κ1) is 24.0. The molecule has 2 aromatic rings. The van der Waals surface area contributed by atoms with Gasteiger partial charge in [-0.1, -0.05) is 35.9 Å². The quantitative estimate of drug-likeness (QED) is 0.428. The van der Waals surface area contributed by atoms with Gasteiger partial charge in [0.2, 0.25) is 0 Å². The third-order valence-electron chi connectivity index (χ3n) is 6.28. The fourth-order valence-electron chi connectivity index (χ4n) is 4.70. The monoisotopic (exact) mass is 481 g/mol. The Hall–Kier alpha value is -3.09. The molecule has 7 heteroatoms. The van der Waals surface area contributed by atoms with Crippen LogP contribution in [0.15, 0.2) is 71.1 Å². The topological polar surface area (TPSA) is 84.9 Å². The molecule has 0 aromatic heterocycles. The summed E-state index contributed by atoms with van der Waals surface area (Å²) in [5.74, 6) is -0.939. The lowest BCUT2D eigenvalue weighted by molar-refractivity contribution is -0.140. The van der Waals surface area contributed by atoms with Gasteiger partial charge in [0, 0.05) is 40.9 Å². The molecule has 0 saturated heterocycles. The minimum Gasteiger partial charge on any atom is -0.508 e. The van der Waals surface area contributed by atoms with Crippen molar-refractivity contribution in [2.75, 3.05) is 19.8 Å². The van der Waals surface area contributed by atoms with Crippen molar-refractivity contribution in [1.29, 1.82) is 0 Å². The molecule has 2 atom stereocenters. The minimum atomic E-state index is -0.574. The number of hydrogen-bond acceptors (Lipinski definition) is 6. The molecule has 0 fully saturated rings. The fourth-order valence-corrected chi connectivity index (χ4v) is 4.82. The highest BCUT2D eigenvalue weighted by atomic mass is 35.5. The second-order valence-electron chi connectivity index (χ2n) is 8.49.